The fraction of sp³-hybridized carbons (Fsp3) is 0.903. The summed E-state index contributed by atoms with van der Waals surface area (Å²) in [6, 6.07) is 0. The topological polar surface area (TPSA) is 45.5 Å². The molecule has 3 saturated carbocycles. The van der Waals surface area contributed by atoms with Crippen LogP contribution < -0.4 is 0 Å². The van der Waals surface area contributed by atoms with Gasteiger partial charge in [0.25, 0.3) is 0 Å². The Hall–Kier alpha value is -0.910. The summed E-state index contributed by atoms with van der Waals surface area (Å²) in [6.07, 6.45) is 19.9. The zero-order chi connectivity index (χ0) is 24.5. The first kappa shape index (κ1) is 24.2. The third-order valence-electron chi connectivity index (χ3n) is 12.5. The van der Waals surface area contributed by atoms with E-state index in [0.717, 1.165) is 49.7 Å². The SMILES string of the molecule is C[C@]12Cc3cnn([C@H]4CCCCO4)c3C[C@@H]1CC[C@@H]1[C@@H]2CC[C@@]2(C)[C@H]1CC[C@]2(C)O[C@H]1CCCCO1. The van der Waals surface area contributed by atoms with Gasteiger partial charge in [-0.05, 0) is 137 Å². The van der Waals surface area contributed by atoms with Gasteiger partial charge in [0, 0.05) is 18.9 Å². The highest BCUT2D eigenvalue weighted by Crippen LogP contribution is 2.68. The van der Waals surface area contributed by atoms with Crippen LogP contribution in [0.5, 0.6) is 0 Å². The van der Waals surface area contributed by atoms with E-state index in [2.05, 4.69) is 31.6 Å². The molecule has 0 radical (unpaired) electrons. The maximum Gasteiger partial charge on any atom is 0.158 e. The summed E-state index contributed by atoms with van der Waals surface area (Å²) in [5, 5.41) is 4.92. The van der Waals surface area contributed by atoms with Gasteiger partial charge in [0.1, 0.15) is 6.23 Å². The van der Waals surface area contributed by atoms with E-state index in [4.69, 9.17) is 19.3 Å². The maximum atomic E-state index is 6.89. The first-order chi connectivity index (χ1) is 17.4. The zero-order valence-electron chi connectivity index (χ0n) is 23.0. The van der Waals surface area contributed by atoms with Gasteiger partial charge < -0.3 is 14.2 Å². The normalized spacial score (nSPS) is 48.5. The van der Waals surface area contributed by atoms with Crippen LogP contribution in [-0.4, -0.2) is 34.9 Å². The molecule has 0 bridgehead atoms. The Balaban J connectivity index is 1.12. The summed E-state index contributed by atoms with van der Waals surface area (Å²) in [6.45, 7) is 9.45. The van der Waals surface area contributed by atoms with E-state index in [-0.39, 0.29) is 23.5 Å². The molecule has 5 nitrogen and oxygen atoms in total. The molecule has 0 amide bonds. The summed E-state index contributed by atoms with van der Waals surface area (Å²) in [4.78, 5) is 0. The Labute approximate surface area is 218 Å². The fourth-order valence-corrected chi connectivity index (χ4v) is 10.3. The molecular formula is C31H48N2O3. The molecule has 1 aromatic heterocycles. The van der Waals surface area contributed by atoms with Crippen molar-refractivity contribution < 1.29 is 14.2 Å². The van der Waals surface area contributed by atoms with Crippen molar-refractivity contribution >= 4 is 0 Å². The Morgan fingerprint density at radius 2 is 1.69 bits per heavy atom. The molecule has 4 aliphatic carbocycles. The number of hydrogen-bond acceptors (Lipinski definition) is 4. The van der Waals surface area contributed by atoms with Gasteiger partial charge >= 0.3 is 0 Å². The molecule has 0 spiro atoms. The second-order valence-corrected chi connectivity index (χ2v) is 14.1. The average molecular weight is 497 g/mol. The number of aromatic nitrogens is 2. The van der Waals surface area contributed by atoms with Gasteiger partial charge in [0.2, 0.25) is 0 Å². The first-order valence-corrected chi connectivity index (χ1v) is 15.4. The summed E-state index contributed by atoms with van der Waals surface area (Å²) in [5.41, 5.74) is 3.67. The van der Waals surface area contributed by atoms with Gasteiger partial charge in [0.15, 0.2) is 6.29 Å². The molecule has 5 heteroatoms. The highest BCUT2D eigenvalue weighted by atomic mass is 16.7. The maximum absolute atomic E-state index is 6.89. The molecular weight excluding hydrogens is 448 g/mol. The molecule has 36 heavy (non-hydrogen) atoms. The molecule has 0 aromatic carbocycles. The molecule has 0 N–H and O–H groups in total. The van der Waals surface area contributed by atoms with Crippen molar-refractivity contribution in [3.63, 3.8) is 0 Å². The summed E-state index contributed by atoms with van der Waals surface area (Å²) in [7, 11) is 0. The standard InChI is InChI=1S/C31H48N2O3/c1-29-19-21-20-32-33(27-8-4-6-16-34-27)26(21)18-22(29)10-11-23-24(29)12-14-30(2)25(23)13-15-31(30,3)36-28-9-5-7-17-35-28/h20,22-25,27-28H,4-19H2,1-3H3/t22-,23+,24-,25-,27+,28-,29-,30-,31-/m0/s1. The van der Waals surface area contributed by atoms with E-state index in [0.29, 0.717) is 5.41 Å². The molecule has 3 heterocycles. The summed E-state index contributed by atoms with van der Waals surface area (Å²) >= 11 is 0. The minimum Gasteiger partial charge on any atom is -0.357 e. The van der Waals surface area contributed by atoms with Crippen LogP contribution in [0.3, 0.4) is 0 Å². The molecule has 5 fully saturated rings. The van der Waals surface area contributed by atoms with Crippen molar-refractivity contribution in [2.45, 2.75) is 129 Å². The van der Waals surface area contributed by atoms with Crippen molar-refractivity contribution in [2.75, 3.05) is 13.2 Å². The lowest BCUT2D eigenvalue weighted by molar-refractivity contribution is -0.257. The Morgan fingerprint density at radius 1 is 0.889 bits per heavy atom. The lowest BCUT2D eigenvalue weighted by Gasteiger charge is -2.61. The first-order valence-electron chi connectivity index (χ1n) is 15.4. The lowest BCUT2D eigenvalue weighted by atomic mass is 9.44. The van der Waals surface area contributed by atoms with Crippen LogP contribution in [0.2, 0.25) is 0 Å². The second kappa shape index (κ2) is 8.81. The molecule has 0 unspecified atom stereocenters. The number of fused-ring (bicyclic) bond motifs is 6. The molecule has 6 aliphatic rings. The largest absolute Gasteiger partial charge is 0.357 e. The van der Waals surface area contributed by atoms with E-state index in [9.17, 15) is 0 Å². The Morgan fingerprint density at radius 3 is 2.47 bits per heavy atom. The van der Waals surface area contributed by atoms with E-state index >= 15 is 0 Å². The highest BCUT2D eigenvalue weighted by Gasteiger charge is 2.64. The van der Waals surface area contributed by atoms with Gasteiger partial charge in [-0.3, -0.25) is 0 Å². The third kappa shape index (κ3) is 3.54. The van der Waals surface area contributed by atoms with E-state index in [1.807, 2.05) is 0 Å². The van der Waals surface area contributed by atoms with E-state index in [1.165, 1.54) is 88.3 Å². The van der Waals surface area contributed by atoms with Crippen molar-refractivity contribution in [3.05, 3.63) is 17.5 Å². The minimum atomic E-state index is -0.0384. The Kier molecular flexibility index (Phi) is 5.91. The highest BCUT2D eigenvalue weighted by molar-refractivity contribution is 5.27. The predicted octanol–water partition coefficient (Wildman–Crippen LogP) is 6.84. The minimum absolute atomic E-state index is 0.0201. The number of rotatable bonds is 3. The fourth-order valence-electron chi connectivity index (χ4n) is 10.3. The molecule has 1 aromatic rings. The molecule has 2 aliphatic heterocycles. The van der Waals surface area contributed by atoms with Crippen LogP contribution in [0.4, 0.5) is 0 Å². The predicted molar refractivity (Wildman–Crippen MR) is 139 cm³/mol. The molecule has 200 valence electrons. The second-order valence-electron chi connectivity index (χ2n) is 14.1. The van der Waals surface area contributed by atoms with E-state index in [1.54, 1.807) is 0 Å². The van der Waals surface area contributed by atoms with Gasteiger partial charge in [-0.1, -0.05) is 13.8 Å². The van der Waals surface area contributed by atoms with Crippen molar-refractivity contribution in [1.29, 1.82) is 0 Å². The smallest absolute Gasteiger partial charge is 0.158 e. The van der Waals surface area contributed by atoms with Crippen molar-refractivity contribution in [2.24, 2.45) is 34.5 Å². The lowest BCUT2D eigenvalue weighted by Crippen LogP contribution is -2.57. The van der Waals surface area contributed by atoms with Crippen LogP contribution in [0.15, 0.2) is 6.20 Å². The van der Waals surface area contributed by atoms with Crippen LogP contribution in [0, 0.1) is 34.5 Å². The number of nitrogens with zero attached hydrogens (tertiary/aromatic N) is 2. The van der Waals surface area contributed by atoms with Gasteiger partial charge in [-0.2, -0.15) is 5.10 Å². The van der Waals surface area contributed by atoms with Crippen LogP contribution in [-0.2, 0) is 27.1 Å². The quantitative estimate of drug-likeness (QED) is 0.459. The van der Waals surface area contributed by atoms with Crippen molar-refractivity contribution in [1.82, 2.24) is 9.78 Å². The van der Waals surface area contributed by atoms with Crippen LogP contribution >= 0.6 is 0 Å². The van der Waals surface area contributed by atoms with Gasteiger partial charge in [-0.15, -0.1) is 0 Å². The molecule has 9 atom stereocenters. The summed E-state index contributed by atoms with van der Waals surface area (Å²) < 4.78 is 21.4. The van der Waals surface area contributed by atoms with E-state index < -0.39 is 0 Å². The molecule has 2 saturated heterocycles. The van der Waals surface area contributed by atoms with Crippen molar-refractivity contribution in [3.8, 4) is 0 Å². The van der Waals surface area contributed by atoms with Crippen LogP contribution in [0.25, 0.3) is 0 Å². The third-order valence-corrected chi connectivity index (χ3v) is 12.5. The molecule has 7 rings (SSSR count). The summed E-state index contributed by atoms with van der Waals surface area (Å²) in [5.74, 6) is 3.27. The Bertz CT molecular complexity index is 965. The number of hydrogen-bond donors (Lipinski definition) is 0. The number of ether oxygens (including phenoxy) is 3. The average Bonchev–Trinajstić information content (AvgIpc) is 3.41. The zero-order valence-corrected chi connectivity index (χ0v) is 23.0. The van der Waals surface area contributed by atoms with Gasteiger partial charge in [-0.25, -0.2) is 4.68 Å². The van der Waals surface area contributed by atoms with Crippen LogP contribution in [0.1, 0.15) is 115 Å². The van der Waals surface area contributed by atoms with Gasteiger partial charge in [0.05, 0.1) is 11.8 Å². The monoisotopic (exact) mass is 496 g/mol.